The summed E-state index contributed by atoms with van der Waals surface area (Å²) in [6.07, 6.45) is 3.43. The van der Waals surface area contributed by atoms with Crippen molar-refractivity contribution in [1.82, 2.24) is 20.1 Å². The van der Waals surface area contributed by atoms with E-state index in [1.165, 1.54) is 0 Å². The van der Waals surface area contributed by atoms with Crippen LogP contribution in [0.2, 0.25) is 5.02 Å². The minimum atomic E-state index is -0.208. The van der Waals surface area contributed by atoms with Crippen LogP contribution in [-0.4, -0.2) is 27.8 Å². The first-order valence-electron chi connectivity index (χ1n) is 9.77. The second-order valence-electron chi connectivity index (χ2n) is 6.97. The number of amides is 1. The molecule has 0 saturated heterocycles. The molecule has 0 atom stereocenters. The van der Waals surface area contributed by atoms with Gasteiger partial charge in [-0.05, 0) is 29.3 Å². The number of nitrogens with zero attached hydrogens (tertiary/aromatic N) is 3. The Morgan fingerprint density at radius 1 is 1.06 bits per heavy atom. The van der Waals surface area contributed by atoms with Crippen LogP contribution in [0, 0.1) is 0 Å². The molecule has 7 heteroatoms. The van der Waals surface area contributed by atoms with E-state index in [-0.39, 0.29) is 5.91 Å². The lowest BCUT2D eigenvalue weighted by atomic mass is 10.1. The second-order valence-corrected chi connectivity index (χ2v) is 7.41. The van der Waals surface area contributed by atoms with Gasteiger partial charge in [0.1, 0.15) is 5.69 Å². The highest BCUT2D eigenvalue weighted by Crippen LogP contribution is 2.24. The highest BCUT2D eigenvalue weighted by Gasteiger charge is 2.18. The van der Waals surface area contributed by atoms with Gasteiger partial charge >= 0.3 is 0 Å². The van der Waals surface area contributed by atoms with Crippen LogP contribution in [0.25, 0.3) is 11.3 Å². The van der Waals surface area contributed by atoms with Gasteiger partial charge in [-0.1, -0.05) is 54.1 Å². The number of pyridine rings is 1. The maximum absolute atomic E-state index is 13.1. The number of halogens is 1. The fourth-order valence-corrected chi connectivity index (χ4v) is 3.34. The van der Waals surface area contributed by atoms with E-state index in [2.05, 4.69) is 10.3 Å². The molecule has 0 aliphatic heterocycles. The van der Waals surface area contributed by atoms with Crippen LogP contribution in [0.4, 0.5) is 0 Å². The number of nitrogens with one attached hydrogen (secondary N) is 1. The average Bonchev–Trinajstić information content (AvgIpc) is 3.22. The van der Waals surface area contributed by atoms with Crippen LogP contribution in [0.15, 0.2) is 79.1 Å². The molecule has 4 aromatic rings. The molecular formula is C24H21ClN4O2. The second kappa shape index (κ2) is 9.45. The fraction of sp³-hybridized carbons (Fsp3) is 0.125. The van der Waals surface area contributed by atoms with E-state index >= 15 is 0 Å². The van der Waals surface area contributed by atoms with Crippen LogP contribution in [0.3, 0.4) is 0 Å². The number of benzene rings is 2. The number of methoxy groups -OCH3 is 1. The van der Waals surface area contributed by atoms with Crippen molar-refractivity contribution in [2.45, 2.75) is 13.1 Å². The van der Waals surface area contributed by atoms with E-state index in [9.17, 15) is 4.79 Å². The van der Waals surface area contributed by atoms with E-state index < -0.39 is 0 Å². The summed E-state index contributed by atoms with van der Waals surface area (Å²) in [6.45, 7) is 0.915. The normalized spacial score (nSPS) is 10.6. The van der Waals surface area contributed by atoms with Gasteiger partial charge in [0.2, 0.25) is 5.88 Å². The molecular weight excluding hydrogens is 412 g/mol. The largest absolute Gasteiger partial charge is 0.481 e. The summed E-state index contributed by atoms with van der Waals surface area (Å²) >= 11 is 6.04. The van der Waals surface area contributed by atoms with E-state index in [1.54, 1.807) is 42.4 Å². The zero-order valence-electron chi connectivity index (χ0n) is 17.0. The molecule has 0 spiro atoms. The third-order valence-electron chi connectivity index (χ3n) is 4.77. The van der Waals surface area contributed by atoms with Crippen molar-refractivity contribution in [2.24, 2.45) is 0 Å². The van der Waals surface area contributed by atoms with E-state index in [4.69, 9.17) is 21.4 Å². The summed E-state index contributed by atoms with van der Waals surface area (Å²) in [4.78, 5) is 17.2. The Morgan fingerprint density at radius 3 is 2.58 bits per heavy atom. The molecule has 1 amide bonds. The molecule has 0 fully saturated rings. The highest BCUT2D eigenvalue weighted by molar-refractivity contribution is 6.30. The molecule has 2 aromatic carbocycles. The molecule has 0 unspecified atom stereocenters. The van der Waals surface area contributed by atoms with Crippen molar-refractivity contribution >= 4 is 17.5 Å². The van der Waals surface area contributed by atoms with Crippen molar-refractivity contribution in [3.63, 3.8) is 0 Å². The van der Waals surface area contributed by atoms with E-state index in [0.29, 0.717) is 35.2 Å². The van der Waals surface area contributed by atoms with Gasteiger partial charge in [-0.15, -0.1) is 0 Å². The number of carbonyl (C=O) groups is 1. The van der Waals surface area contributed by atoms with Crippen molar-refractivity contribution in [2.75, 3.05) is 7.11 Å². The zero-order valence-corrected chi connectivity index (χ0v) is 17.7. The van der Waals surface area contributed by atoms with E-state index in [0.717, 1.165) is 16.7 Å². The molecule has 0 bridgehead atoms. The lowest BCUT2D eigenvalue weighted by molar-refractivity contribution is 0.0951. The molecule has 0 radical (unpaired) electrons. The molecule has 0 saturated carbocycles. The summed E-state index contributed by atoms with van der Waals surface area (Å²) in [7, 11) is 1.56. The van der Waals surface area contributed by atoms with Gasteiger partial charge in [0.15, 0.2) is 0 Å². The number of hydrogen-bond donors (Lipinski definition) is 1. The summed E-state index contributed by atoms with van der Waals surface area (Å²) in [5.74, 6) is 0.296. The molecule has 2 aromatic heterocycles. The van der Waals surface area contributed by atoms with Gasteiger partial charge < -0.3 is 10.1 Å². The molecule has 156 valence electrons. The van der Waals surface area contributed by atoms with Gasteiger partial charge in [-0.25, -0.2) is 4.98 Å². The standard InChI is InChI=1S/C24H21ClN4O2/c1-31-22-13-18(11-12-26-22)14-27-24(30)21-16-29(15-17-5-3-2-4-6-17)28-23(21)19-7-9-20(25)10-8-19/h2-13,16H,14-15H2,1H3,(H,27,30). The van der Waals surface area contributed by atoms with Gasteiger partial charge in [0.05, 0.1) is 19.2 Å². The van der Waals surface area contributed by atoms with Crippen molar-refractivity contribution in [3.8, 4) is 17.1 Å². The number of ether oxygens (including phenoxy) is 1. The Labute approximate surface area is 185 Å². The van der Waals surface area contributed by atoms with Crippen LogP contribution in [0.1, 0.15) is 21.5 Å². The third kappa shape index (κ3) is 5.10. The number of carbonyl (C=O) groups excluding carboxylic acids is 1. The quantitative estimate of drug-likeness (QED) is 0.464. The van der Waals surface area contributed by atoms with E-state index in [1.807, 2.05) is 48.5 Å². The Hall–Kier alpha value is -3.64. The van der Waals surface area contributed by atoms with Crippen molar-refractivity contribution in [1.29, 1.82) is 0 Å². The van der Waals surface area contributed by atoms with Crippen LogP contribution >= 0.6 is 11.6 Å². The first-order valence-corrected chi connectivity index (χ1v) is 10.1. The summed E-state index contributed by atoms with van der Waals surface area (Å²) in [6, 6.07) is 20.9. The average molecular weight is 433 g/mol. The Balaban J connectivity index is 1.60. The van der Waals surface area contributed by atoms with Crippen molar-refractivity contribution in [3.05, 3.63) is 101 Å². The minimum absolute atomic E-state index is 0.208. The maximum Gasteiger partial charge on any atom is 0.255 e. The smallest absolute Gasteiger partial charge is 0.255 e. The molecule has 31 heavy (non-hydrogen) atoms. The van der Waals surface area contributed by atoms with Crippen LogP contribution in [0.5, 0.6) is 5.88 Å². The summed E-state index contributed by atoms with van der Waals surface area (Å²) in [5.41, 5.74) is 3.93. The molecule has 0 aliphatic carbocycles. The van der Waals surface area contributed by atoms with Gasteiger partial charge in [0, 0.05) is 35.6 Å². The SMILES string of the molecule is COc1cc(CNC(=O)c2cn(Cc3ccccc3)nc2-c2ccc(Cl)cc2)ccn1. The molecule has 0 aliphatic rings. The predicted octanol–water partition coefficient (Wildman–Crippen LogP) is 4.59. The summed E-state index contributed by atoms with van der Waals surface area (Å²) in [5, 5.41) is 8.28. The third-order valence-corrected chi connectivity index (χ3v) is 5.02. The van der Waals surface area contributed by atoms with Gasteiger partial charge in [0.25, 0.3) is 5.91 Å². The molecule has 1 N–H and O–H groups in total. The topological polar surface area (TPSA) is 69.0 Å². The Bertz CT molecular complexity index is 1170. The molecule has 4 rings (SSSR count). The number of hydrogen-bond acceptors (Lipinski definition) is 4. The number of rotatable bonds is 7. The zero-order chi connectivity index (χ0) is 21.6. The highest BCUT2D eigenvalue weighted by atomic mass is 35.5. The monoisotopic (exact) mass is 432 g/mol. The minimum Gasteiger partial charge on any atom is -0.481 e. The maximum atomic E-state index is 13.1. The lowest BCUT2D eigenvalue weighted by Gasteiger charge is -2.07. The van der Waals surface area contributed by atoms with Crippen LogP contribution < -0.4 is 10.1 Å². The number of aromatic nitrogens is 3. The lowest BCUT2D eigenvalue weighted by Crippen LogP contribution is -2.23. The summed E-state index contributed by atoms with van der Waals surface area (Å²) < 4.78 is 6.93. The Morgan fingerprint density at radius 2 is 1.84 bits per heavy atom. The Kier molecular flexibility index (Phi) is 6.29. The first kappa shape index (κ1) is 20.6. The molecule has 2 heterocycles. The fourth-order valence-electron chi connectivity index (χ4n) is 3.21. The first-order chi connectivity index (χ1) is 15.1. The molecule has 6 nitrogen and oxygen atoms in total. The van der Waals surface area contributed by atoms with Gasteiger partial charge in [-0.2, -0.15) is 5.10 Å². The van der Waals surface area contributed by atoms with Crippen LogP contribution in [-0.2, 0) is 13.1 Å². The van der Waals surface area contributed by atoms with Crippen molar-refractivity contribution < 1.29 is 9.53 Å². The predicted molar refractivity (Wildman–Crippen MR) is 120 cm³/mol. The van der Waals surface area contributed by atoms with Gasteiger partial charge in [-0.3, -0.25) is 9.48 Å².